The third-order valence-electron chi connectivity index (χ3n) is 5.04. The van der Waals surface area contributed by atoms with Crippen molar-refractivity contribution < 1.29 is 14.7 Å². The molecule has 1 aliphatic rings. The van der Waals surface area contributed by atoms with Crippen LogP contribution < -0.4 is 5.32 Å². The molecule has 4 rings (SSSR count). The highest BCUT2D eigenvalue weighted by atomic mass is 32.1. The molecule has 0 aliphatic heterocycles. The van der Waals surface area contributed by atoms with Crippen molar-refractivity contribution in [2.75, 3.05) is 12.4 Å². The highest BCUT2D eigenvalue weighted by Crippen LogP contribution is 2.50. The number of carboxylic acids is 1. The second-order valence-electron chi connectivity index (χ2n) is 6.75. The van der Waals surface area contributed by atoms with Crippen LogP contribution in [0, 0.1) is 0 Å². The summed E-state index contributed by atoms with van der Waals surface area (Å²) in [6.45, 7) is 0. The van der Waals surface area contributed by atoms with Crippen molar-refractivity contribution >= 4 is 28.6 Å². The molecule has 0 bridgehead atoms. The fraction of sp³-hybridized carbons (Fsp3) is 0.217. The molecule has 4 nitrogen and oxygen atoms in total. The van der Waals surface area contributed by atoms with Gasteiger partial charge in [-0.2, -0.15) is 0 Å². The molecule has 144 valence electrons. The van der Waals surface area contributed by atoms with Gasteiger partial charge in [-0.1, -0.05) is 60.7 Å². The van der Waals surface area contributed by atoms with Crippen LogP contribution in [0.25, 0.3) is 0 Å². The summed E-state index contributed by atoms with van der Waals surface area (Å²) in [5, 5.41) is 15.1. The standard InChI is InChI=1S/C16H17NO2S.C7H6O/c1-17-15-14(16(18)19)13(9-20-15)12-7-11(8-12)10-5-3-2-4-6-10;8-6-7-4-2-1-3-5-7/h2-6,9,11-12,17H,7-8H2,1H3,(H,18,19);1-6H. The van der Waals surface area contributed by atoms with E-state index in [1.807, 2.05) is 29.6 Å². The molecule has 0 atom stereocenters. The van der Waals surface area contributed by atoms with E-state index < -0.39 is 5.97 Å². The molecule has 5 heteroatoms. The largest absolute Gasteiger partial charge is 0.478 e. The zero-order valence-corrected chi connectivity index (χ0v) is 16.5. The van der Waals surface area contributed by atoms with E-state index in [4.69, 9.17) is 0 Å². The van der Waals surface area contributed by atoms with Gasteiger partial charge in [0.1, 0.15) is 11.3 Å². The Labute approximate surface area is 168 Å². The Bertz CT molecular complexity index is 916. The zero-order valence-electron chi connectivity index (χ0n) is 15.7. The van der Waals surface area contributed by atoms with Crippen molar-refractivity contribution in [2.24, 2.45) is 0 Å². The number of hydrogen-bond donors (Lipinski definition) is 2. The molecule has 1 fully saturated rings. The van der Waals surface area contributed by atoms with Crippen LogP contribution in [0.1, 0.15) is 56.5 Å². The summed E-state index contributed by atoms with van der Waals surface area (Å²) in [6, 6.07) is 19.6. The fourth-order valence-electron chi connectivity index (χ4n) is 3.48. The summed E-state index contributed by atoms with van der Waals surface area (Å²) in [6.07, 6.45) is 2.92. The lowest BCUT2D eigenvalue weighted by molar-refractivity contribution is 0.0695. The molecule has 1 aliphatic carbocycles. The molecular weight excluding hydrogens is 370 g/mol. The average Bonchev–Trinajstić information content (AvgIpc) is 3.13. The van der Waals surface area contributed by atoms with Gasteiger partial charge in [-0.15, -0.1) is 11.3 Å². The predicted molar refractivity (Wildman–Crippen MR) is 114 cm³/mol. The third kappa shape index (κ3) is 4.49. The smallest absolute Gasteiger partial charge is 0.338 e. The summed E-state index contributed by atoms with van der Waals surface area (Å²) < 4.78 is 0. The van der Waals surface area contributed by atoms with Crippen LogP contribution in [-0.2, 0) is 0 Å². The Hall–Kier alpha value is -2.92. The number of aromatic carboxylic acids is 1. The van der Waals surface area contributed by atoms with Crippen molar-refractivity contribution in [3.63, 3.8) is 0 Å². The monoisotopic (exact) mass is 393 g/mol. The summed E-state index contributed by atoms with van der Waals surface area (Å²) in [5.74, 6) is 0.124. The number of nitrogens with one attached hydrogen (secondary N) is 1. The number of rotatable bonds is 5. The number of anilines is 1. The Morgan fingerprint density at radius 1 is 1.04 bits per heavy atom. The first-order valence-electron chi connectivity index (χ1n) is 9.21. The molecule has 0 saturated heterocycles. The molecular formula is C23H23NO3S. The second kappa shape index (κ2) is 9.33. The van der Waals surface area contributed by atoms with Crippen LogP contribution >= 0.6 is 11.3 Å². The van der Waals surface area contributed by atoms with Gasteiger partial charge in [0.15, 0.2) is 0 Å². The number of aldehydes is 1. The van der Waals surface area contributed by atoms with Crippen molar-refractivity contribution in [1.29, 1.82) is 0 Å². The van der Waals surface area contributed by atoms with Gasteiger partial charge in [0, 0.05) is 12.6 Å². The molecule has 2 N–H and O–H groups in total. The number of carbonyl (C=O) groups is 2. The van der Waals surface area contributed by atoms with Crippen molar-refractivity contribution in [3.05, 3.63) is 88.3 Å². The van der Waals surface area contributed by atoms with Crippen LogP contribution in [-0.4, -0.2) is 24.4 Å². The molecule has 3 aromatic rings. The van der Waals surface area contributed by atoms with E-state index in [1.165, 1.54) is 16.9 Å². The third-order valence-corrected chi connectivity index (χ3v) is 6.06. The Balaban J connectivity index is 0.000000236. The predicted octanol–water partition coefficient (Wildman–Crippen LogP) is 5.65. The van der Waals surface area contributed by atoms with Crippen LogP contribution in [0.15, 0.2) is 66.0 Å². The van der Waals surface area contributed by atoms with Crippen molar-refractivity contribution in [1.82, 2.24) is 0 Å². The minimum atomic E-state index is -0.825. The van der Waals surface area contributed by atoms with Gasteiger partial charge in [0.05, 0.1) is 5.56 Å². The topological polar surface area (TPSA) is 66.4 Å². The Kier molecular flexibility index (Phi) is 6.61. The quantitative estimate of drug-likeness (QED) is 0.550. The summed E-state index contributed by atoms with van der Waals surface area (Å²) in [5.41, 5.74) is 3.56. The number of benzene rings is 2. The fourth-order valence-corrected chi connectivity index (χ4v) is 4.47. The van der Waals surface area contributed by atoms with Gasteiger partial charge >= 0.3 is 5.97 Å². The normalized spacial score (nSPS) is 17.6. The minimum Gasteiger partial charge on any atom is -0.478 e. The van der Waals surface area contributed by atoms with Crippen molar-refractivity contribution in [2.45, 2.75) is 24.7 Å². The summed E-state index contributed by atoms with van der Waals surface area (Å²) in [4.78, 5) is 21.4. The number of thiophene rings is 1. The van der Waals surface area contributed by atoms with Gasteiger partial charge < -0.3 is 10.4 Å². The summed E-state index contributed by atoms with van der Waals surface area (Å²) in [7, 11) is 1.77. The first-order chi connectivity index (χ1) is 13.6. The number of carboxylic acid groups (broad SMARTS) is 1. The van der Waals surface area contributed by atoms with E-state index in [-0.39, 0.29) is 0 Å². The molecule has 0 spiro atoms. The van der Waals surface area contributed by atoms with E-state index in [0.29, 0.717) is 17.4 Å². The highest BCUT2D eigenvalue weighted by Gasteiger charge is 2.35. The molecule has 28 heavy (non-hydrogen) atoms. The first kappa shape index (κ1) is 19.8. The molecule has 0 unspecified atom stereocenters. The van der Waals surface area contributed by atoms with E-state index in [2.05, 4.69) is 29.6 Å². The van der Waals surface area contributed by atoms with Crippen LogP contribution in [0.5, 0.6) is 0 Å². The maximum atomic E-state index is 11.4. The second-order valence-corrected chi connectivity index (χ2v) is 7.63. The van der Waals surface area contributed by atoms with Crippen LogP contribution in [0.3, 0.4) is 0 Å². The minimum absolute atomic E-state index is 0.379. The van der Waals surface area contributed by atoms with E-state index >= 15 is 0 Å². The summed E-state index contributed by atoms with van der Waals surface area (Å²) >= 11 is 1.49. The lowest BCUT2D eigenvalue weighted by Gasteiger charge is -2.36. The molecule has 1 heterocycles. The Morgan fingerprint density at radius 3 is 2.14 bits per heavy atom. The average molecular weight is 394 g/mol. The van der Waals surface area contributed by atoms with Crippen LogP contribution in [0.2, 0.25) is 0 Å². The van der Waals surface area contributed by atoms with Gasteiger partial charge in [0.25, 0.3) is 0 Å². The van der Waals surface area contributed by atoms with E-state index in [1.54, 1.807) is 19.2 Å². The van der Waals surface area contributed by atoms with E-state index in [9.17, 15) is 14.7 Å². The van der Waals surface area contributed by atoms with Gasteiger partial charge in [-0.3, -0.25) is 4.79 Å². The maximum Gasteiger partial charge on any atom is 0.338 e. The highest BCUT2D eigenvalue weighted by molar-refractivity contribution is 7.14. The zero-order chi connectivity index (χ0) is 19.9. The van der Waals surface area contributed by atoms with E-state index in [0.717, 1.165) is 35.3 Å². The lowest BCUT2D eigenvalue weighted by atomic mass is 9.68. The van der Waals surface area contributed by atoms with Gasteiger partial charge in [-0.05, 0) is 41.2 Å². The van der Waals surface area contributed by atoms with Crippen molar-refractivity contribution in [3.8, 4) is 0 Å². The van der Waals surface area contributed by atoms with Gasteiger partial charge in [-0.25, -0.2) is 4.79 Å². The Morgan fingerprint density at radius 2 is 1.64 bits per heavy atom. The first-order valence-corrected chi connectivity index (χ1v) is 10.1. The number of hydrogen-bond acceptors (Lipinski definition) is 4. The van der Waals surface area contributed by atoms with Gasteiger partial charge in [0.2, 0.25) is 0 Å². The molecule has 1 aromatic heterocycles. The lowest BCUT2D eigenvalue weighted by Crippen LogP contribution is -2.21. The van der Waals surface area contributed by atoms with Crippen LogP contribution in [0.4, 0.5) is 5.00 Å². The SMILES string of the molecule is CNc1scc(C2CC(c3ccccc3)C2)c1C(=O)O.O=Cc1ccccc1. The molecule has 0 amide bonds. The number of carbonyl (C=O) groups excluding carboxylic acids is 1. The maximum absolute atomic E-state index is 11.4. The molecule has 2 aromatic carbocycles. The molecule has 1 saturated carbocycles. The molecule has 0 radical (unpaired) electrons.